The highest BCUT2D eigenvalue weighted by atomic mass is 35.5. The van der Waals surface area contributed by atoms with E-state index >= 15 is 0 Å². The number of rotatable bonds is 7. The van der Waals surface area contributed by atoms with E-state index in [4.69, 9.17) is 22.1 Å². The van der Waals surface area contributed by atoms with Crippen molar-refractivity contribution in [2.45, 2.75) is 24.9 Å². The van der Waals surface area contributed by atoms with Crippen LogP contribution in [0.1, 0.15) is 24.4 Å². The van der Waals surface area contributed by atoms with Gasteiger partial charge in [0.05, 0.1) is 12.6 Å². The predicted octanol–water partition coefficient (Wildman–Crippen LogP) is 2.59. The molecule has 3 nitrogen and oxygen atoms in total. The normalized spacial score (nSPS) is 16.9. The molecule has 0 radical (unpaired) electrons. The van der Waals surface area contributed by atoms with Crippen molar-refractivity contribution < 1.29 is 9.13 Å². The number of ether oxygens (including phenoxy) is 1. The Morgan fingerprint density at radius 1 is 1.53 bits per heavy atom. The number of hydrogen-bond donors (Lipinski definition) is 1. The van der Waals surface area contributed by atoms with Crippen LogP contribution in [0.2, 0.25) is 5.02 Å². The van der Waals surface area contributed by atoms with Crippen LogP contribution in [-0.4, -0.2) is 37.7 Å². The van der Waals surface area contributed by atoms with Gasteiger partial charge in [-0.3, -0.25) is 4.90 Å². The first-order valence-corrected chi connectivity index (χ1v) is 6.95. The van der Waals surface area contributed by atoms with Gasteiger partial charge in [-0.2, -0.15) is 0 Å². The molecule has 0 amide bonds. The fourth-order valence-electron chi connectivity index (χ4n) is 2.41. The van der Waals surface area contributed by atoms with Crippen molar-refractivity contribution >= 4 is 11.6 Å². The number of methoxy groups -OCH3 is 1. The van der Waals surface area contributed by atoms with Crippen LogP contribution >= 0.6 is 11.6 Å². The summed E-state index contributed by atoms with van der Waals surface area (Å²) in [6.45, 7) is 1.75. The van der Waals surface area contributed by atoms with E-state index in [1.165, 1.54) is 6.07 Å². The zero-order valence-electron chi connectivity index (χ0n) is 11.1. The Morgan fingerprint density at radius 3 is 2.84 bits per heavy atom. The quantitative estimate of drug-likeness (QED) is 0.837. The molecule has 0 heterocycles. The summed E-state index contributed by atoms with van der Waals surface area (Å²) in [6.07, 6.45) is 2.28. The van der Waals surface area contributed by atoms with Gasteiger partial charge in [0.1, 0.15) is 5.82 Å². The third kappa shape index (κ3) is 3.66. The topological polar surface area (TPSA) is 38.5 Å². The molecule has 1 unspecified atom stereocenters. The Kier molecular flexibility index (Phi) is 5.16. The van der Waals surface area contributed by atoms with Crippen molar-refractivity contribution in [3.05, 3.63) is 34.6 Å². The first kappa shape index (κ1) is 14.7. The van der Waals surface area contributed by atoms with Crippen LogP contribution in [-0.2, 0) is 4.74 Å². The van der Waals surface area contributed by atoms with E-state index < -0.39 is 0 Å². The van der Waals surface area contributed by atoms with Gasteiger partial charge in [-0.05, 0) is 31.0 Å². The molecular formula is C14H20ClFN2O. The van der Waals surface area contributed by atoms with Crippen molar-refractivity contribution in [3.8, 4) is 0 Å². The summed E-state index contributed by atoms with van der Waals surface area (Å²) in [5.74, 6) is -0.247. The van der Waals surface area contributed by atoms with Gasteiger partial charge in [0.25, 0.3) is 0 Å². The van der Waals surface area contributed by atoms with E-state index in [1.807, 2.05) is 0 Å². The summed E-state index contributed by atoms with van der Waals surface area (Å²) in [6, 6.07) is 4.99. The Morgan fingerprint density at radius 2 is 2.26 bits per heavy atom. The van der Waals surface area contributed by atoms with Crippen molar-refractivity contribution in [1.82, 2.24) is 4.90 Å². The largest absolute Gasteiger partial charge is 0.383 e. The van der Waals surface area contributed by atoms with Crippen molar-refractivity contribution in [3.63, 3.8) is 0 Å². The molecule has 19 heavy (non-hydrogen) atoms. The van der Waals surface area contributed by atoms with Gasteiger partial charge >= 0.3 is 0 Å². The van der Waals surface area contributed by atoms with Crippen LogP contribution in [0.3, 0.4) is 0 Å². The molecule has 0 aromatic heterocycles. The first-order valence-electron chi connectivity index (χ1n) is 6.57. The molecule has 1 aliphatic rings. The number of halogens is 2. The molecule has 1 atom stereocenters. The van der Waals surface area contributed by atoms with Crippen molar-refractivity contribution in [2.24, 2.45) is 5.73 Å². The molecule has 0 spiro atoms. The number of benzene rings is 1. The summed E-state index contributed by atoms with van der Waals surface area (Å²) in [5, 5.41) is 0.539. The molecule has 1 aromatic rings. The second-order valence-electron chi connectivity index (χ2n) is 4.88. The van der Waals surface area contributed by atoms with Gasteiger partial charge in [-0.25, -0.2) is 4.39 Å². The molecule has 1 saturated carbocycles. The smallest absolute Gasteiger partial charge is 0.128 e. The molecule has 1 aliphatic carbocycles. The van der Waals surface area contributed by atoms with Crippen LogP contribution in [0, 0.1) is 5.82 Å². The lowest BCUT2D eigenvalue weighted by molar-refractivity contribution is 0.114. The number of nitrogens with two attached hydrogens (primary N) is 1. The maximum Gasteiger partial charge on any atom is 0.128 e. The molecule has 1 aromatic carbocycles. The fraction of sp³-hybridized carbons (Fsp3) is 0.571. The highest BCUT2D eigenvalue weighted by Gasteiger charge is 2.34. The lowest BCUT2D eigenvalue weighted by Gasteiger charge is -2.31. The van der Waals surface area contributed by atoms with Crippen LogP contribution in [0.15, 0.2) is 18.2 Å². The second kappa shape index (κ2) is 6.66. The lowest BCUT2D eigenvalue weighted by Crippen LogP contribution is -2.38. The average molecular weight is 287 g/mol. The molecule has 1 fully saturated rings. The number of nitrogens with zero attached hydrogens (tertiary/aromatic N) is 1. The Labute approximate surface area is 118 Å². The molecule has 0 bridgehead atoms. The van der Waals surface area contributed by atoms with E-state index in [9.17, 15) is 4.39 Å². The van der Waals surface area contributed by atoms with Gasteiger partial charge in [0.15, 0.2) is 0 Å². The molecule has 2 N–H and O–H groups in total. The van der Waals surface area contributed by atoms with Gasteiger partial charge in [0.2, 0.25) is 0 Å². The Bertz CT molecular complexity index is 426. The van der Waals surface area contributed by atoms with Crippen LogP contribution in [0.5, 0.6) is 0 Å². The standard InChI is InChI=1S/C14H20ClFN2O/c1-19-7-6-18(11-3-4-11)14(9-17)12-8-10(15)2-5-13(12)16/h2,5,8,11,14H,3-4,6-7,9,17H2,1H3. The Balaban J connectivity index is 2.22. The summed E-state index contributed by atoms with van der Waals surface area (Å²) in [4.78, 5) is 2.23. The monoisotopic (exact) mass is 286 g/mol. The maximum absolute atomic E-state index is 14.0. The van der Waals surface area contributed by atoms with E-state index in [-0.39, 0.29) is 11.9 Å². The molecule has 0 aliphatic heterocycles. The third-order valence-corrected chi connectivity index (χ3v) is 3.75. The summed E-state index contributed by atoms with van der Waals surface area (Å²) in [5.41, 5.74) is 6.45. The van der Waals surface area contributed by atoms with Crippen molar-refractivity contribution in [1.29, 1.82) is 0 Å². The van der Waals surface area contributed by atoms with E-state index in [0.29, 0.717) is 29.8 Å². The lowest BCUT2D eigenvalue weighted by atomic mass is 10.0. The van der Waals surface area contributed by atoms with E-state index in [2.05, 4.69) is 4.90 Å². The first-order chi connectivity index (χ1) is 9.17. The minimum atomic E-state index is -0.247. The van der Waals surface area contributed by atoms with Gasteiger partial charge in [-0.15, -0.1) is 0 Å². The van der Waals surface area contributed by atoms with Gasteiger partial charge in [-0.1, -0.05) is 11.6 Å². The minimum absolute atomic E-state index is 0.138. The molecule has 106 valence electrons. The van der Waals surface area contributed by atoms with Gasteiger partial charge in [0, 0.05) is 36.8 Å². The maximum atomic E-state index is 14.0. The van der Waals surface area contributed by atoms with Crippen molar-refractivity contribution in [2.75, 3.05) is 26.8 Å². The predicted molar refractivity (Wildman–Crippen MR) is 74.8 cm³/mol. The third-order valence-electron chi connectivity index (χ3n) is 3.51. The van der Waals surface area contributed by atoms with Crippen LogP contribution in [0.25, 0.3) is 0 Å². The second-order valence-corrected chi connectivity index (χ2v) is 5.32. The summed E-state index contributed by atoms with van der Waals surface area (Å²) in [7, 11) is 1.67. The zero-order chi connectivity index (χ0) is 13.8. The van der Waals surface area contributed by atoms with E-state index in [1.54, 1.807) is 19.2 Å². The van der Waals surface area contributed by atoms with Crippen LogP contribution in [0.4, 0.5) is 4.39 Å². The zero-order valence-corrected chi connectivity index (χ0v) is 11.9. The SMILES string of the molecule is COCCN(C1CC1)C(CN)c1cc(Cl)ccc1F. The highest BCUT2D eigenvalue weighted by Crippen LogP contribution is 2.35. The van der Waals surface area contributed by atoms with E-state index in [0.717, 1.165) is 19.4 Å². The number of hydrogen-bond acceptors (Lipinski definition) is 3. The minimum Gasteiger partial charge on any atom is -0.383 e. The molecule has 0 saturated heterocycles. The average Bonchev–Trinajstić information content (AvgIpc) is 3.22. The fourth-order valence-corrected chi connectivity index (χ4v) is 2.59. The highest BCUT2D eigenvalue weighted by molar-refractivity contribution is 6.30. The van der Waals surface area contributed by atoms with Crippen LogP contribution < -0.4 is 5.73 Å². The molecule has 5 heteroatoms. The summed E-state index contributed by atoms with van der Waals surface area (Å²) >= 11 is 5.97. The van der Waals surface area contributed by atoms with Gasteiger partial charge < -0.3 is 10.5 Å². The summed E-state index contributed by atoms with van der Waals surface area (Å²) < 4.78 is 19.1. The molecular weight excluding hydrogens is 267 g/mol. The Hall–Kier alpha value is -0.680. The molecule has 2 rings (SSSR count).